The highest BCUT2D eigenvalue weighted by Crippen LogP contribution is 2.44. The molecule has 0 spiro atoms. The molecule has 0 amide bonds. The van der Waals surface area contributed by atoms with Gasteiger partial charge in [0.25, 0.3) is 5.56 Å². The van der Waals surface area contributed by atoms with Crippen molar-refractivity contribution in [3.8, 4) is 11.1 Å². The van der Waals surface area contributed by atoms with Crippen molar-refractivity contribution in [1.29, 1.82) is 0 Å². The van der Waals surface area contributed by atoms with Crippen LogP contribution < -0.4 is 11.3 Å². The molecule has 144 valence electrons. The number of aromatic carboxylic acids is 1. The van der Waals surface area contributed by atoms with Crippen LogP contribution in [0.2, 0.25) is 0 Å². The van der Waals surface area contributed by atoms with E-state index < -0.39 is 40.2 Å². The van der Waals surface area contributed by atoms with Gasteiger partial charge in [0.05, 0.1) is 11.2 Å². The van der Waals surface area contributed by atoms with E-state index in [0.29, 0.717) is 11.1 Å². The zero-order chi connectivity index (χ0) is 20.3. The number of nitrogens with zero attached hydrogens (tertiary/aromatic N) is 1. The molecule has 0 unspecified atom stereocenters. The van der Waals surface area contributed by atoms with Crippen molar-refractivity contribution < 1.29 is 23.1 Å². The van der Waals surface area contributed by atoms with Crippen LogP contribution in [0, 0.1) is 24.4 Å². The van der Waals surface area contributed by atoms with Crippen LogP contribution in [0.5, 0.6) is 0 Å². The van der Waals surface area contributed by atoms with Crippen LogP contribution in [-0.4, -0.2) is 15.5 Å². The quantitative estimate of drug-likeness (QED) is 0.668. The van der Waals surface area contributed by atoms with Crippen molar-refractivity contribution >= 4 is 17.2 Å². The minimum absolute atomic E-state index is 0.0266. The SMILES string of the molecule is Cc1c(-c2cc(F)c(N)cc2F)c(F)cn2c(=O)c(C(=O)O)cc(C3CC3)c12. The topological polar surface area (TPSA) is 84.8 Å². The molecule has 4 rings (SSSR count). The third-order valence-electron chi connectivity index (χ3n) is 5.08. The molecule has 1 saturated carbocycles. The first-order chi connectivity index (χ1) is 13.2. The Morgan fingerprint density at radius 2 is 1.82 bits per heavy atom. The second kappa shape index (κ2) is 6.12. The molecule has 0 bridgehead atoms. The number of hydrogen-bond acceptors (Lipinski definition) is 3. The summed E-state index contributed by atoms with van der Waals surface area (Å²) in [5.74, 6) is -4.15. The molecule has 5 nitrogen and oxygen atoms in total. The molecule has 2 aromatic heterocycles. The molecule has 0 saturated heterocycles. The molecule has 1 fully saturated rings. The third kappa shape index (κ3) is 2.64. The summed E-state index contributed by atoms with van der Waals surface area (Å²) in [5, 5.41) is 9.31. The lowest BCUT2D eigenvalue weighted by atomic mass is 9.95. The zero-order valence-corrected chi connectivity index (χ0v) is 14.7. The lowest BCUT2D eigenvalue weighted by Crippen LogP contribution is -2.24. The van der Waals surface area contributed by atoms with Crippen LogP contribution in [0.3, 0.4) is 0 Å². The number of pyridine rings is 2. The molecule has 3 N–H and O–H groups in total. The number of aryl methyl sites for hydroxylation is 1. The summed E-state index contributed by atoms with van der Waals surface area (Å²) in [6.07, 6.45) is 2.42. The number of carboxylic acids is 1. The lowest BCUT2D eigenvalue weighted by Gasteiger charge is -2.17. The van der Waals surface area contributed by atoms with E-state index in [1.54, 1.807) is 0 Å². The second-order valence-corrected chi connectivity index (χ2v) is 6.95. The Bertz CT molecular complexity index is 1230. The van der Waals surface area contributed by atoms with Gasteiger partial charge in [-0.25, -0.2) is 18.0 Å². The number of hydrogen-bond donors (Lipinski definition) is 2. The lowest BCUT2D eigenvalue weighted by molar-refractivity contribution is 0.0694. The molecule has 1 aliphatic rings. The number of nitrogens with two attached hydrogens (primary N) is 1. The Balaban J connectivity index is 2.13. The Kier molecular flexibility index (Phi) is 3.95. The number of benzene rings is 1. The van der Waals surface area contributed by atoms with Crippen LogP contribution in [0.15, 0.2) is 29.2 Å². The minimum Gasteiger partial charge on any atom is -0.477 e. The Morgan fingerprint density at radius 1 is 1.14 bits per heavy atom. The number of nitrogen functional groups attached to an aromatic ring is 1. The van der Waals surface area contributed by atoms with Crippen LogP contribution >= 0.6 is 0 Å². The molecule has 0 atom stereocenters. The summed E-state index contributed by atoms with van der Waals surface area (Å²) in [5.41, 5.74) is 4.21. The maximum atomic E-state index is 14.9. The highest BCUT2D eigenvalue weighted by Gasteiger charge is 2.30. The number of anilines is 1. The van der Waals surface area contributed by atoms with Gasteiger partial charge < -0.3 is 10.8 Å². The highest BCUT2D eigenvalue weighted by molar-refractivity contribution is 5.89. The van der Waals surface area contributed by atoms with Gasteiger partial charge in [0, 0.05) is 23.4 Å². The Morgan fingerprint density at radius 3 is 2.43 bits per heavy atom. The van der Waals surface area contributed by atoms with Crippen LogP contribution in [0.4, 0.5) is 18.9 Å². The van der Waals surface area contributed by atoms with Crippen molar-refractivity contribution in [2.75, 3.05) is 5.73 Å². The van der Waals surface area contributed by atoms with Gasteiger partial charge in [-0.2, -0.15) is 0 Å². The summed E-state index contributed by atoms with van der Waals surface area (Å²) in [6.45, 7) is 1.49. The molecule has 0 radical (unpaired) electrons. The van der Waals surface area contributed by atoms with Crippen LogP contribution in [-0.2, 0) is 0 Å². The molecule has 8 heteroatoms. The van der Waals surface area contributed by atoms with Gasteiger partial charge in [-0.1, -0.05) is 0 Å². The minimum atomic E-state index is -1.41. The predicted molar refractivity (Wildman–Crippen MR) is 97.1 cm³/mol. The molecule has 1 aliphatic carbocycles. The first-order valence-corrected chi connectivity index (χ1v) is 8.57. The van der Waals surface area contributed by atoms with Crippen molar-refractivity contribution in [3.05, 3.63) is 68.9 Å². The third-order valence-corrected chi connectivity index (χ3v) is 5.08. The molecular weight excluding hydrogens is 373 g/mol. The van der Waals surface area contributed by atoms with Crippen LogP contribution in [0.1, 0.15) is 40.2 Å². The van der Waals surface area contributed by atoms with Gasteiger partial charge in [-0.3, -0.25) is 9.20 Å². The molecule has 2 heterocycles. The fourth-order valence-corrected chi connectivity index (χ4v) is 3.59. The largest absolute Gasteiger partial charge is 0.477 e. The molecule has 28 heavy (non-hydrogen) atoms. The summed E-state index contributed by atoms with van der Waals surface area (Å²) in [7, 11) is 0. The Hall–Kier alpha value is -3.29. The number of carboxylic acid groups (broad SMARTS) is 1. The average molecular weight is 388 g/mol. The van der Waals surface area contributed by atoms with Gasteiger partial charge in [-0.15, -0.1) is 0 Å². The fourth-order valence-electron chi connectivity index (χ4n) is 3.59. The molecular formula is C20H15F3N2O3. The maximum Gasteiger partial charge on any atom is 0.341 e. The number of aromatic nitrogens is 1. The summed E-state index contributed by atoms with van der Waals surface area (Å²) in [4.78, 5) is 24.0. The van der Waals surface area contributed by atoms with E-state index in [4.69, 9.17) is 5.73 Å². The fraction of sp³-hybridized carbons (Fsp3) is 0.200. The smallest absolute Gasteiger partial charge is 0.341 e. The highest BCUT2D eigenvalue weighted by atomic mass is 19.1. The maximum absolute atomic E-state index is 14.9. The predicted octanol–water partition coefficient (Wildman–Crippen LogP) is 3.85. The van der Waals surface area contributed by atoms with E-state index in [0.717, 1.165) is 35.6 Å². The zero-order valence-electron chi connectivity index (χ0n) is 14.7. The van der Waals surface area contributed by atoms with Crippen molar-refractivity contribution in [2.45, 2.75) is 25.7 Å². The van der Waals surface area contributed by atoms with Crippen molar-refractivity contribution in [2.24, 2.45) is 0 Å². The van der Waals surface area contributed by atoms with E-state index >= 15 is 0 Å². The van der Waals surface area contributed by atoms with E-state index in [2.05, 4.69) is 0 Å². The van der Waals surface area contributed by atoms with Gasteiger partial charge in [0.1, 0.15) is 23.0 Å². The number of carbonyl (C=O) groups is 1. The number of halogens is 3. The average Bonchev–Trinajstić information content (AvgIpc) is 3.45. The van der Waals surface area contributed by atoms with E-state index in [1.807, 2.05) is 0 Å². The van der Waals surface area contributed by atoms with Crippen LogP contribution in [0.25, 0.3) is 16.6 Å². The van der Waals surface area contributed by atoms with Gasteiger partial charge >= 0.3 is 5.97 Å². The summed E-state index contributed by atoms with van der Waals surface area (Å²) >= 11 is 0. The standard InChI is InChI=1S/C20H15F3N2O3/c1-8-17(11-5-14(22)16(24)6-13(11)21)15(23)7-25-18(8)10(9-2-3-9)4-12(19(25)26)20(27)28/h4-7,9H,2-3,24H2,1H3,(H,27,28). The van der Waals surface area contributed by atoms with E-state index in [9.17, 15) is 27.9 Å². The first-order valence-electron chi connectivity index (χ1n) is 8.57. The molecule has 1 aromatic carbocycles. The Labute approximate surface area is 156 Å². The van der Waals surface area contributed by atoms with Gasteiger partial charge in [0.15, 0.2) is 0 Å². The monoisotopic (exact) mass is 388 g/mol. The van der Waals surface area contributed by atoms with Gasteiger partial charge in [0.2, 0.25) is 0 Å². The summed E-state index contributed by atoms with van der Waals surface area (Å²) < 4.78 is 44.2. The van der Waals surface area contributed by atoms with E-state index in [-0.39, 0.29) is 22.6 Å². The summed E-state index contributed by atoms with van der Waals surface area (Å²) in [6, 6.07) is 2.88. The first kappa shape index (κ1) is 18.1. The molecule has 3 aromatic rings. The number of fused-ring (bicyclic) bond motifs is 1. The number of rotatable bonds is 3. The van der Waals surface area contributed by atoms with Gasteiger partial charge in [-0.05, 0) is 48.9 Å². The molecule has 0 aliphatic heterocycles. The van der Waals surface area contributed by atoms with E-state index in [1.165, 1.54) is 13.0 Å². The second-order valence-electron chi connectivity index (χ2n) is 6.95. The van der Waals surface area contributed by atoms with Crippen molar-refractivity contribution in [3.63, 3.8) is 0 Å². The normalized spacial score (nSPS) is 13.9. The van der Waals surface area contributed by atoms with Crippen molar-refractivity contribution in [1.82, 2.24) is 4.40 Å².